The lowest BCUT2D eigenvalue weighted by atomic mass is 9.87. The molecule has 2 nitrogen and oxygen atoms in total. The van der Waals surface area contributed by atoms with Crippen LogP contribution >= 0.6 is 0 Å². The van der Waals surface area contributed by atoms with E-state index < -0.39 is 0 Å². The Morgan fingerprint density at radius 3 is 2.80 bits per heavy atom. The summed E-state index contributed by atoms with van der Waals surface area (Å²) in [4.78, 5) is 6.96. The van der Waals surface area contributed by atoms with Crippen molar-refractivity contribution in [1.29, 1.82) is 0 Å². The lowest BCUT2D eigenvalue weighted by Gasteiger charge is -2.39. The zero-order chi connectivity index (χ0) is 13.7. The fourth-order valence-electron chi connectivity index (χ4n) is 3.72. The molecular formula is C18H18N2. The van der Waals surface area contributed by atoms with Crippen molar-refractivity contribution in [3.63, 3.8) is 0 Å². The minimum atomic E-state index is 0.182. The second-order valence-corrected chi connectivity index (χ2v) is 5.77. The average Bonchev–Trinajstić information content (AvgIpc) is 3.23. The predicted molar refractivity (Wildman–Crippen MR) is 83.6 cm³/mol. The van der Waals surface area contributed by atoms with Gasteiger partial charge in [0.1, 0.15) is 5.84 Å². The Hall–Kier alpha value is -2.09. The molecule has 0 N–H and O–H groups in total. The highest BCUT2D eigenvalue weighted by Crippen LogP contribution is 2.58. The minimum Gasteiger partial charge on any atom is -0.349 e. The molecule has 1 spiro atoms. The first kappa shape index (κ1) is 11.7. The second kappa shape index (κ2) is 3.95. The largest absolute Gasteiger partial charge is 0.349 e. The first-order chi connectivity index (χ1) is 9.77. The smallest absolute Gasteiger partial charge is 0.131 e. The van der Waals surface area contributed by atoms with Crippen molar-refractivity contribution in [3.8, 4) is 0 Å². The van der Waals surface area contributed by atoms with E-state index in [1.807, 2.05) is 7.05 Å². The van der Waals surface area contributed by atoms with Gasteiger partial charge in [-0.05, 0) is 23.6 Å². The Bertz CT molecular complexity index is 679. The highest BCUT2D eigenvalue weighted by Gasteiger charge is 2.61. The predicted octanol–water partition coefficient (Wildman–Crippen LogP) is 3.30. The quantitative estimate of drug-likeness (QED) is 0.758. The third-order valence-electron chi connectivity index (χ3n) is 4.86. The van der Waals surface area contributed by atoms with Gasteiger partial charge in [-0.3, -0.25) is 4.99 Å². The maximum absolute atomic E-state index is 4.57. The molecule has 2 unspecified atom stereocenters. The van der Waals surface area contributed by atoms with Gasteiger partial charge in [-0.2, -0.15) is 0 Å². The maximum Gasteiger partial charge on any atom is 0.131 e. The first-order valence-electron chi connectivity index (χ1n) is 7.14. The number of nitrogens with zero attached hydrogens (tertiary/aromatic N) is 2. The lowest BCUT2D eigenvalue weighted by Crippen LogP contribution is -2.45. The highest BCUT2D eigenvalue weighted by atomic mass is 15.3. The number of benzene rings is 1. The monoisotopic (exact) mass is 262 g/mol. The summed E-state index contributed by atoms with van der Waals surface area (Å²) in [7, 11) is 4.08. The normalized spacial score (nSPS) is 32.4. The SMILES string of the molecule is CN=C1C(c2ccccc2)=CC2=CC=CC3CC23N1C. The Labute approximate surface area is 119 Å². The summed E-state index contributed by atoms with van der Waals surface area (Å²) in [5, 5.41) is 0. The molecule has 4 rings (SSSR count). The fraction of sp³-hybridized carbons (Fsp3) is 0.278. The number of allylic oxidation sites excluding steroid dienone is 2. The van der Waals surface area contributed by atoms with E-state index in [-0.39, 0.29) is 5.54 Å². The summed E-state index contributed by atoms with van der Waals surface area (Å²) < 4.78 is 0. The molecule has 0 radical (unpaired) electrons. The van der Waals surface area contributed by atoms with E-state index >= 15 is 0 Å². The van der Waals surface area contributed by atoms with E-state index in [9.17, 15) is 0 Å². The summed E-state index contributed by atoms with van der Waals surface area (Å²) in [6.07, 6.45) is 10.3. The van der Waals surface area contributed by atoms with Crippen LogP contribution in [0, 0.1) is 5.92 Å². The average molecular weight is 262 g/mol. The van der Waals surface area contributed by atoms with E-state index in [1.165, 1.54) is 23.1 Å². The van der Waals surface area contributed by atoms with Gasteiger partial charge in [0.25, 0.3) is 0 Å². The molecule has 1 aromatic carbocycles. The Morgan fingerprint density at radius 1 is 1.25 bits per heavy atom. The van der Waals surface area contributed by atoms with E-state index in [2.05, 4.69) is 71.6 Å². The molecule has 1 aliphatic heterocycles. The minimum absolute atomic E-state index is 0.182. The van der Waals surface area contributed by atoms with Crippen LogP contribution in [0.1, 0.15) is 12.0 Å². The number of hydrogen-bond donors (Lipinski definition) is 0. The van der Waals surface area contributed by atoms with Gasteiger partial charge in [-0.1, -0.05) is 48.6 Å². The van der Waals surface area contributed by atoms with Gasteiger partial charge >= 0.3 is 0 Å². The standard InChI is InChI=1S/C18H18N2/c1-19-17-16(13-7-4-3-5-8-13)11-14-9-6-10-15-12-18(14,15)20(17)2/h3-11,15H,12H2,1-2H3. The van der Waals surface area contributed by atoms with Crippen molar-refractivity contribution in [1.82, 2.24) is 4.90 Å². The third-order valence-corrected chi connectivity index (χ3v) is 4.86. The molecule has 20 heavy (non-hydrogen) atoms. The van der Waals surface area contributed by atoms with Crippen LogP contribution in [0.5, 0.6) is 0 Å². The first-order valence-corrected chi connectivity index (χ1v) is 7.14. The zero-order valence-corrected chi connectivity index (χ0v) is 11.9. The van der Waals surface area contributed by atoms with Crippen LogP contribution in [0.25, 0.3) is 5.57 Å². The van der Waals surface area contributed by atoms with E-state index in [0.29, 0.717) is 5.92 Å². The van der Waals surface area contributed by atoms with Crippen LogP contribution in [0.15, 0.2) is 65.2 Å². The van der Waals surface area contributed by atoms with Gasteiger partial charge in [-0.15, -0.1) is 0 Å². The number of likely N-dealkylation sites (N-methyl/N-ethyl adjacent to an activating group) is 1. The molecule has 1 heterocycles. The molecule has 100 valence electrons. The summed E-state index contributed by atoms with van der Waals surface area (Å²) in [5.41, 5.74) is 4.08. The van der Waals surface area contributed by atoms with Crippen molar-refractivity contribution >= 4 is 11.4 Å². The topological polar surface area (TPSA) is 15.6 Å². The van der Waals surface area contributed by atoms with E-state index in [1.54, 1.807) is 0 Å². The number of hydrogen-bond acceptors (Lipinski definition) is 1. The number of rotatable bonds is 1. The molecule has 1 aromatic rings. The molecule has 0 bridgehead atoms. The molecule has 3 aliphatic rings. The Morgan fingerprint density at radius 2 is 2.05 bits per heavy atom. The molecule has 0 saturated heterocycles. The van der Waals surface area contributed by atoms with Crippen LogP contribution < -0.4 is 0 Å². The summed E-state index contributed by atoms with van der Waals surface area (Å²) in [6, 6.07) is 10.5. The van der Waals surface area contributed by atoms with Crippen LogP contribution in [0.3, 0.4) is 0 Å². The van der Waals surface area contributed by atoms with Gasteiger partial charge in [0.2, 0.25) is 0 Å². The molecule has 1 saturated carbocycles. The van der Waals surface area contributed by atoms with Crippen LogP contribution in [0.4, 0.5) is 0 Å². The van der Waals surface area contributed by atoms with E-state index in [0.717, 1.165) is 5.84 Å². The highest BCUT2D eigenvalue weighted by molar-refractivity contribution is 6.24. The van der Waals surface area contributed by atoms with Gasteiger partial charge in [0, 0.05) is 25.6 Å². The van der Waals surface area contributed by atoms with Crippen molar-refractivity contribution in [2.75, 3.05) is 14.1 Å². The summed E-state index contributed by atoms with van der Waals surface area (Å²) >= 11 is 0. The van der Waals surface area contributed by atoms with Crippen molar-refractivity contribution in [2.45, 2.75) is 12.0 Å². The maximum atomic E-state index is 4.57. The van der Waals surface area contributed by atoms with Crippen molar-refractivity contribution in [2.24, 2.45) is 10.9 Å². The Kier molecular flexibility index (Phi) is 2.31. The van der Waals surface area contributed by atoms with Crippen LogP contribution in [-0.2, 0) is 0 Å². The molecule has 0 aromatic heterocycles. The zero-order valence-electron chi connectivity index (χ0n) is 11.9. The molecule has 2 heteroatoms. The van der Waals surface area contributed by atoms with Crippen LogP contribution in [0.2, 0.25) is 0 Å². The summed E-state index contributed by atoms with van der Waals surface area (Å²) in [5.74, 6) is 1.75. The number of aliphatic imine (C=N–C) groups is 1. The van der Waals surface area contributed by atoms with Crippen molar-refractivity contribution < 1.29 is 0 Å². The van der Waals surface area contributed by atoms with Gasteiger partial charge in [0.15, 0.2) is 0 Å². The molecule has 2 aliphatic carbocycles. The lowest BCUT2D eigenvalue weighted by molar-refractivity contribution is 0.376. The second-order valence-electron chi connectivity index (χ2n) is 5.77. The van der Waals surface area contributed by atoms with E-state index in [4.69, 9.17) is 0 Å². The molecule has 0 amide bonds. The molecule has 2 atom stereocenters. The Balaban J connectivity index is 1.90. The van der Waals surface area contributed by atoms with Gasteiger partial charge < -0.3 is 4.90 Å². The van der Waals surface area contributed by atoms with Crippen LogP contribution in [-0.4, -0.2) is 30.4 Å². The number of amidine groups is 1. The third kappa shape index (κ3) is 1.36. The van der Waals surface area contributed by atoms with Gasteiger partial charge in [-0.25, -0.2) is 0 Å². The van der Waals surface area contributed by atoms with Crippen molar-refractivity contribution in [3.05, 3.63) is 65.8 Å². The molecule has 1 fully saturated rings. The van der Waals surface area contributed by atoms with Gasteiger partial charge in [0.05, 0.1) is 5.54 Å². The molecular weight excluding hydrogens is 244 g/mol. The fourth-order valence-corrected chi connectivity index (χ4v) is 3.72. The summed E-state index contributed by atoms with van der Waals surface area (Å²) in [6.45, 7) is 0.